The van der Waals surface area contributed by atoms with Gasteiger partial charge in [-0.2, -0.15) is 5.10 Å². The molecule has 80 valence electrons. The van der Waals surface area contributed by atoms with E-state index < -0.39 is 6.03 Å². The molecule has 6 N–H and O–H groups in total. The molecule has 0 unspecified atom stereocenters. The van der Waals surface area contributed by atoms with Gasteiger partial charge in [0.15, 0.2) is 0 Å². The predicted octanol–water partition coefficient (Wildman–Crippen LogP) is 0.367. The molecule has 6 heteroatoms. The van der Waals surface area contributed by atoms with Crippen LogP contribution in [0.2, 0.25) is 0 Å². The zero-order valence-electron chi connectivity index (χ0n) is 8.19. The van der Waals surface area contributed by atoms with E-state index in [-0.39, 0.29) is 11.4 Å². The smallest absolute Gasteiger partial charge is 0.332 e. The number of hydrogen-bond donors (Lipinski definition) is 4. The molecule has 0 aliphatic heterocycles. The van der Waals surface area contributed by atoms with E-state index in [4.69, 9.17) is 11.5 Å². The van der Waals surface area contributed by atoms with Crippen molar-refractivity contribution in [2.75, 3.05) is 5.73 Å². The second-order valence-electron chi connectivity index (χ2n) is 2.91. The average molecular weight is 208 g/mol. The van der Waals surface area contributed by atoms with E-state index in [1.54, 1.807) is 19.1 Å². The average Bonchev–Trinajstić information content (AvgIpc) is 2.18. The highest BCUT2D eigenvalue weighted by Crippen LogP contribution is 2.23. The third-order valence-electron chi connectivity index (χ3n) is 1.81. The van der Waals surface area contributed by atoms with E-state index in [1.807, 2.05) is 0 Å². The summed E-state index contributed by atoms with van der Waals surface area (Å²) in [4.78, 5) is 10.4. The second-order valence-corrected chi connectivity index (χ2v) is 2.91. The highest BCUT2D eigenvalue weighted by Gasteiger charge is 2.06. The van der Waals surface area contributed by atoms with Crippen molar-refractivity contribution in [1.82, 2.24) is 5.43 Å². The van der Waals surface area contributed by atoms with Crippen molar-refractivity contribution < 1.29 is 9.90 Å². The van der Waals surface area contributed by atoms with Crippen LogP contribution in [0, 0.1) is 0 Å². The molecule has 1 rings (SSSR count). The van der Waals surface area contributed by atoms with Crippen LogP contribution in [0.5, 0.6) is 5.75 Å². The summed E-state index contributed by atoms with van der Waals surface area (Å²) in [5.41, 5.74) is 13.8. The van der Waals surface area contributed by atoms with Crippen molar-refractivity contribution in [3.63, 3.8) is 0 Å². The van der Waals surface area contributed by atoms with Gasteiger partial charge >= 0.3 is 6.03 Å². The van der Waals surface area contributed by atoms with Crippen molar-refractivity contribution in [3.8, 4) is 5.75 Å². The first-order valence-corrected chi connectivity index (χ1v) is 4.20. The van der Waals surface area contributed by atoms with Gasteiger partial charge in [-0.15, -0.1) is 0 Å². The summed E-state index contributed by atoms with van der Waals surface area (Å²) in [5.74, 6) is -0.0267. The monoisotopic (exact) mass is 208 g/mol. The summed E-state index contributed by atoms with van der Waals surface area (Å²) < 4.78 is 0. The first-order chi connectivity index (χ1) is 7.02. The largest absolute Gasteiger partial charge is 0.506 e. The Kier molecular flexibility index (Phi) is 3.12. The highest BCUT2D eigenvalue weighted by atomic mass is 16.3. The number of hydrogen-bond acceptors (Lipinski definition) is 4. The number of hydrazone groups is 1. The number of benzene rings is 1. The number of nitrogens with one attached hydrogen (secondary N) is 1. The third-order valence-corrected chi connectivity index (χ3v) is 1.81. The molecule has 6 nitrogen and oxygen atoms in total. The summed E-state index contributed by atoms with van der Waals surface area (Å²) in [5, 5.41) is 13.0. The maximum Gasteiger partial charge on any atom is 0.332 e. The molecule has 0 fully saturated rings. The van der Waals surface area contributed by atoms with E-state index in [1.165, 1.54) is 6.07 Å². The lowest BCUT2D eigenvalue weighted by molar-refractivity contribution is 0.249. The number of carbonyl (C=O) groups excluding carboxylic acids is 1. The number of aromatic hydroxyl groups is 1. The Morgan fingerprint density at radius 3 is 2.80 bits per heavy atom. The molecule has 1 aromatic carbocycles. The number of nitrogens with zero attached hydrogens (tertiary/aromatic N) is 1. The lowest BCUT2D eigenvalue weighted by atomic mass is 10.1. The molecule has 0 heterocycles. The van der Waals surface area contributed by atoms with Crippen LogP contribution in [0.25, 0.3) is 0 Å². The van der Waals surface area contributed by atoms with Crippen LogP contribution >= 0.6 is 0 Å². The Balaban J connectivity index is 3.00. The maximum absolute atomic E-state index is 10.4. The molecular formula is C9H12N4O2. The summed E-state index contributed by atoms with van der Waals surface area (Å²) in [6, 6.07) is 4.02. The summed E-state index contributed by atoms with van der Waals surface area (Å²) in [6.07, 6.45) is 0. The minimum Gasteiger partial charge on any atom is -0.506 e. The number of para-hydroxylation sites is 1. The van der Waals surface area contributed by atoms with Gasteiger partial charge < -0.3 is 16.6 Å². The van der Waals surface area contributed by atoms with E-state index in [0.717, 1.165) is 0 Å². The molecule has 0 bridgehead atoms. The molecule has 0 saturated heterocycles. The Hall–Kier alpha value is -2.24. The quantitative estimate of drug-likeness (QED) is 0.243. The number of phenolic OH excluding ortho intramolecular Hbond substituents is 1. The number of phenols is 1. The normalized spacial score (nSPS) is 11.1. The van der Waals surface area contributed by atoms with Crippen molar-refractivity contribution in [2.45, 2.75) is 6.92 Å². The van der Waals surface area contributed by atoms with Gasteiger partial charge in [-0.1, -0.05) is 12.1 Å². The van der Waals surface area contributed by atoms with Crippen LogP contribution in [0.4, 0.5) is 10.5 Å². The van der Waals surface area contributed by atoms with Crippen molar-refractivity contribution in [1.29, 1.82) is 0 Å². The number of primary amides is 1. The fourth-order valence-corrected chi connectivity index (χ4v) is 1.07. The van der Waals surface area contributed by atoms with Crippen molar-refractivity contribution >= 4 is 17.4 Å². The number of rotatable bonds is 2. The Morgan fingerprint density at radius 1 is 1.53 bits per heavy atom. The third kappa shape index (κ3) is 2.60. The summed E-state index contributed by atoms with van der Waals surface area (Å²) in [6.45, 7) is 1.64. The number of nitrogen functional groups attached to an aromatic ring is 1. The zero-order valence-corrected chi connectivity index (χ0v) is 8.19. The SMILES string of the molecule is CC(=NNC(N)=O)c1cccc(O)c1N. The molecule has 0 saturated carbocycles. The van der Waals surface area contributed by atoms with Crippen LogP contribution < -0.4 is 16.9 Å². The topological polar surface area (TPSA) is 114 Å². The molecule has 0 aliphatic rings. The van der Waals surface area contributed by atoms with Gasteiger partial charge in [0, 0.05) is 5.56 Å². The molecule has 0 radical (unpaired) electrons. The molecule has 15 heavy (non-hydrogen) atoms. The zero-order chi connectivity index (χ0) is 11.4. The predicted molar refractivity (Wildman–Crippen MR) is 57.4 cm³/mol. The first-order valence-electron chi connectivity index (χ1n) is 4.20. The summed E-state index contributed by atoms with van der Waals surface area (Å²) in [7, 11) is 0. The van der Waals surface area contributed by atoms with Crippen molar-refractivity contribution in [3.05, 3.63) is 23.8 Å². The van der Waals surface area contributed by atoms with Crippen LogP contribution in [0.1, 0.15) is 12.5 Å². The minimum atomic E-state index is -0.756. The van der Waals surface area contributed by atoms with E-state index >= 15 is 0 Å². The summed E-state index contributed by atoms with van der Waals surface area (Å²) >= 11 is 0. The van der Waals surface area contributed by atoms with Crippen LogP contribution in [-0.4, -0.2) is 16.8 Å². The first kappa shape index (κ1) is 10.8. The minimum absolute atomic E-state index is 0.0267. The van der Waals surface area contributed by atoms with E-state index in [9.17, 15) is 9.90 Å². The number of carbonyl (C=O) groups is 1. The van der Waals surface area contributed by atoms with Crippen LogP contribution in [0.3, 0.4) is 0 Å². The number of urea groups is 1. The van der Waals surface area contributed by atoms with Gasteiger partial charge in [-0.25, -0.2) is 10.2 Å². The molecule has 0 aromatic heterocycles. The second kappa shape index (κ2) is 4.32. The standard InChI is InChI=1S/C9H12N4O2/c1-5(12-13-9(11)15)6-3-2-4-7(14)8(6)10/h2-4,14H,10H2,1H3,(H3,11,13,15). The molecule has 0 atom stereocenters. The molecule has 1 aromatic rings. The molecule has 0 aliphatic carbocycles. The van der Waals surface area contributed by atoms with Gasteiger partial charge in [0.1, 0.15) is 5.75 Å². The number of nitrogens with two attached hydrogens (primary N) is 2. The van der Waals surface area contributed by atoms with Gasteiger partial charge in [0.2, 0.25) is 0 Å². The maximum atomic E-state index is 10.4. The lowest BCUT2D eigenvalue weighted by Gasteiger charge is -2.06. The van der Waals surface area contributed by atoms with E-state index in [2.05, 4.69) is 10.5 Å². The fourth-order valence-electron chi connectivity index (χ4n) is 1.07. The van der Waals surface area contributed by atoms with Crippen LogP contribution in [0.15, 0.2) is 23.3 Å². The highest BCUT2D eigenvalue weighted by molar-refractivity contribution is 6.04. The van der Waals surface area contributed by atoms with Gasteiger partial charge in [0.05, 0.1) is 11.4 Å². The van der Waals surface area contributed by atoms with Gasteiger partial charge in [0.25, 0.3) is 0 Å². The van der Waals surface area contributed by atoms with Gasteiger partial charge in [-0.3, -0.25) is 0 Å². The Labute approximate surface area is 86.6 Å². The Bertz CT molecular complexity index is 415. The molecule has 2 amide bonds. The van der Waals surface area contributed by atoms with Crippen LogP contribution in [-0.2, 0) is 0 Å². The van der Waals surface area contributed by atoms with Crippen molar-refractivity contribution in [2.24, 2.45) is 10.8 Å². The number of anilines is 1. The molecule has 0 spiro atoms. The number of amides is 2. The van der Waals surface area contributed by atoms with Gasteiger partial charge in [-0.05, 0) is 13.0 Å². The molecular weight excluding hydrogens is 196 g/mol. The Morgan fingerprint density at radius 2 is 2.20 bits per heavy atom. The fraction of sp³-hybridized carbons (Fsp3) is 0.111. The lowest BCUT2D eigenvalue weighted by Crippen LogP contribution is -2.25. The van der Waals surface area contributed by atoms with E-state index in [0.29, 0.717) is 11.3 Å².